The number of hydrogen-bond acceptors (Lipinski definition) is 5. The molecule has 8 heteroatoms. The molecule has 0 aliphatic carbocycles. The molecule has 0 unspecified atom stereocenters. The fraction of sp³-hybridized carbons (Fsp3) is 0.143. The number of anilines is 1. The van der Waals surface area contributed by atoms with Gasteiger partial charge < -0.3 is 10.2 Å². The molecule has 0 spiro atoms. The van der Waals surface area contributed by atoms with Crippen molar-refractivity contribution < 1.29 is 4.79 Å². The van der Waals surface area contributed by atoms with Crippen LogP contribution < -0.4 is 10.9 Å². The van der Waals surface area contributed by atoms with Crippen LogP contribution in [0.25, 0.3) is 16.7 Å². The minimum atomic E-state index is -0.258. The highest BCUT2D eigenvalue weighted by Crippen LogP contribution is 2.15. The van der Waals surface area contributed by atoms with E-state index in [0.29, 0.717) is 29.1 Å². The molecule has 4 rings (SSSR count). The number of carbonyl (C=O) groups is 1. The van der Waals surface area contributed by atoms with Crippen molar-refractivity contribution in [2.45, 2.75) is 6.54 Å². The summed E-state index contributed by atoms with van der Waals surface area (Å²) >= 11 is 0. The Labute approximate surface area is 166 Å². The summed E-state index contributed by atoms with van der Waals surface area (Å²) in [5.74, 6) is 0.309. The number of amides is 1. The van der Waals surface area contributed by atoms with E-state index in [1.54, 1.807) is 30.9 Å². The average molecular weight is 388 g/mol. The number of rotatable bonds is 5. The molecule has 2 N–H and O–H groups in total. The maximum Gasteiger partial charge on any atom is 0.263 e. The van der Waals surface area contributed by atoms with Crippen LogP contribution in [0.3, 0.4) is 0 Å². The fourth-order valence-electron chi connectivity index (χ4n) is 2.97. The van der Waals surface area contributed by atoms with Crippen LogP contribution in [-0.2, 0) is 6.54 Å². The van der Waals surface area contributed by atoms with Gasteiger partial charge in [0.15, 0.2) is 5.65 Å². The lowest BCUT2D eigenvalue weighted by molar-refractivity contribution is 0.0827. The summed E-state index contributed by atoms with van der Waals surface area (Å²) in [6, 6.07) is 16.8. The Kier molecular flexibility index (Phi) is 4.82. The number of aromatic nitrogens is 4. The largest absolute Gasteiger partial charge is 0.352 e. The van der Waals surface area contributed by atoms with Gasteiger partial charge >= 0.3 is 0 Å². The standard InChI is InChI=1S/C21H20N6O2/c1-26(2)20(29)15-10-8-14(9-11-15)12-22-21-24-18-17(19(28)25-21)13-23-27(18)16-6-4-3-5-7-16/h3-11,13H,12H2,1-2H3,(H2,22,24,25,28). The first-order chi connectivity index (χ1) is 14.0. The monoisotopic (exact) mass is 388 g/mol. The van der Waals surface area contributed by atoms with Gasteiger partial charge in [0.1, 0.15) is 5.39 Å². The van der Waals surface area contributed by atoms with E-state index in [1.165, 1.54) is 11.1 Å². The highest BCUT2D eigenvalue weighted by Gasteiger charge is 2.12. The average Bonchev–Trinajstić information content (AvgIpc) is 3.17. The van der Waals surface area contributed by atoms with Gasteiger partial charge in [0.05, 0.1) is 11.9 Å². The van der Waals surface area contributed by atoms with Crippen LogP contribution >= 0.6 is 0 Å². The number of fused-ring (bicyclic) bond motifs is 1. The first-order valence-corrected chi connectivity index (χ1v) is 9.11. The number of benzene rings is 2. The zero-order valence-electron chi connectivity index (χ0n) is 16.1. The molecule has 0 saturated carbocycles. The molecule has 2 aromatic heterocycles. The number of aromatic amines is 1. The van der Waals surface area contributed by atoms with Crippen LogP contribution in [0.4, 0.5) is 5.95 Å². The van der Waals surface area contributed by atoms with Crippen molar-refractivity contribution in [1.82, 2.24) is 24.6 Å². The molecule has 0 saturated heterocycles. The molecule has 0 bridgehead atoms. The summed E-state index contributed by atoms with van der Waals surface area (Å²) in [7, 11) is 3.44. The Morgan fingerprint density at radius 2 is 1.83 bits per heavy atom. The highest BCUT2D eigenvalue weighted by molar-refractivity contribution is 5.93. The molecule has 0 radical (unpaired) electrons. The number of H-pyrrole nitrogens is 1. The van der Waals surface area contributed by atoms with Crippen molar-refractivity contribution >= 4 is 22.9 Å². The lowest BCUT2D eigenvalue weighted by atomic mass is 10.1. The van der Waals surface area contributed by atoms with E-state index >= 15 is 0 Å². The topological polar surface area (TPSA) is 95.9 Å². The van der Waals surface area contributed by atoms with Crippen LogP contribution in [0.1, 0.15) is 15.9 Å². The van der Waals surface area contributed by atoms with Gasteiger partial charge in [-0.2, -0.15) is 10.1 Å². The third-order valence-electron chi connectivity index (χ3n) is 4.51. The van der Waals surface area contributed by atoms with Crippen LogP contribution in [0.2, 0.25) is 0 Å². The molecule has 0 atom stereocenters. The molecule has 1 amide bonds. The zero-order valence-corrected chi connectivity index (χ0v) is 16.1. The minimum Gasteiger partial charge on any atom is -0.352 e. The maximum atomic E-state index is 12.4. The van der Waals surface area contributed by atoms with E-state index in [4.69, 9.17) is 0 Å². The van der Waals surface area contributed by atoms with Crippen LogP contribution in [0.5, 0.6) is 0 Å². The summed E-state index contributed by atoms with van der Waals surface area (Å²) in [6.07, 6.45) is 1.51. The Morgan fingerprint density at radius 1 is 1.10 bits per heavy atom. The molecule has 4 aromatic rings. The predicted octanol–water partition coefficient (Wildman–Crippen LogP) is 2.42. The molecule has 0 fully saturated rings. The van der Waals surface area contributed by atoms with E-state index < -0.39 is 0 Å². The predicted molar refractivity (Wildman–Crippen MR) is 111 cm³/mol. The van der Waals surface area contributed by atoms with Crippen molar-refractivity contribution in [1.29, 1.82) is 0 Å². The van der Waals surface area contributed by atoms with Crippen LogP contribution in [-0.4, -0.2) is 44.7 Å². The van der Waals surface area contributed by atoms with E-state index in [1.807, 2.05) is 42.5 Å². The number of nitrogens with zero attached hydrogens (tertiary/aromatic N) is 4. The maximum absolute atomic E-state index is 12.4. The summed E-state index contributed by atoms with van der Waals surface area (Å²) in [5.41, 5.74) is 2.63. The SMILES string of the molecule is CN(C)C(=O)c1ccc(CNc2nc3c(cnn3-c3ccccc3)c(=O)[nH]2)cc1. The number of hydrogen-bond donors (Lipinski definition) is 2. The van der Waals surface area contributed by atoms with Gasteiger partial charge in [-0.25, -0.2) is 4.68 Å². The molecule has 2 aromatic carbocycles. The van der Waals surface area contributed by atoms with Gasteiger partial charge in [-0.1, -0.05) is 30.3 Å². The Hall–Kier alpha value is -3.94. The van der Waals surface area contributed by atoms with Gasteiger partial charge in [-0.05, 0) is 29.8 Å². The van der Waals surface area contributed by atoms with Crippen LogP contribution in [0.15, 0.2) is 65.6 Å². The van der Waals surface area contributed by atoms with Crippen molar-refractivity contribution in [3.8, 4) is 5.69 Å². The molecule has 0 aliphatic heterocycles. The summed E-state index contributed by atoms with van der Waals surface area (Å²) < 4.78 is 1.64. The molecule has 8 nitrogen and oxygen atoms in total. The smallest absolute Gasteiger partial charge is 0.263 e. The summed E-state index contributed by atoms with van der Waals surface area (Å²) in [6.45, 7) is 0.449. The normalized spacial score (nSPS) is 10.8. The Morgan fingerprint density at radius 3 is 2.52 bits per heavy atom. The van der Waals surface area contributed by atoms with Gasteiger partial charge in [0, 0.05) is 26.2 Å². The van der Waals surface area contributed by atoms with Gasteiger partial charge in [-0.3, -0.25) is 14.6 Å². The van der Waals surface area contributed by atoms with E-state index in [2.05, 4.69) is 20.4 Å². The highest BCUT2D eigenvalue weighted by atomic mass is 16.2. The third kappa shape index (κ3) is 3.73. The second kappa shape index (κ2) is 7.59. The second-order valence-electron chi connectivity index (χ2n) is 6.79. The van der Waals surface area contributed by atoms with Gasteiger partial charge in [0.25, 0.3) is 11.5 Å². The number of nitrogens with one attached hydrogen (secondary N) is 2. The molecule has 29 heavy (non-hydrogen) atoms. The van der Waals surface area contributed by atoms with Crippen molar-refractivity contribution in [2.75, 3.05) is 19.4 Å². The summed E-state index contributed by atoms with van der Waals surface area (Å²) in [5, 5.41) is 7.85. The van der Waals surface area contributed by atoms with Crippen molar-refractivity contribution in [3.63, 3.8) is 0 Å². The first-order valence-electron chi connectivity index (χ1n) is 9.11. The second-order valence-corrected chi connectivity index (χ2v) is 6.79. The van der Waals surface area contributed by atoms with Crippen LogP contribution in [0, 0.1) is 0 Å². The molecule has 0 aliphatic rings. The van der Waals surface area contributed by atoms with E-state index in [0.717, 1.165) is 11.3 Å². The van der Waals surface area contributed by atoms with Crippen molar-refractivity contribution in [3.05, 3.63) is 82.3 Å². The Balaban J connectivity index is 1.57. The summed E-state index contributed by atoms with van der Waals surface area (Å²) in [4.78, 5) is 33.2. The molecule has 146 valence electrons. The molecule has 2 heterocycles. The van der Waals surface area contributed by atoms with E-state index in [9.17, 15) is 9.59 Å². The zero-order chi connectivity index (χ0) is 20.4. The minimum absolute atomic E-state index is 0.0462. The molecular formula is C21H20N6O2. The number of carbonyl (C=O) groups excluding carboxylic acids is 1. The molecular weight excluding hydrogens is 368 g/mol. The van der Waals surface area contributed by atoms with Crippen molar-refractivity contribution in [2.24, 2.45) is 0 Å². The quantitative estimate of drug-likeness (QED) is 0.547. The van der Waals surface area contributed by atoms with E-state index in [-0.39, 0.29) is 11.5 Å². The van der Waals surface area contributed by atoms with Gasteiger partial charge in [-0.15, -0.1) is 0 Å². The Bertz CT molecular complexity index is 1210. The first kappa shape index (κ1) is 18.4. The van der Waals surface area contributed by atoms with Gasteiger partial charge in [0.2, 0.25) is 5.95 Å². The third-order valence-corrected chi connectivity index (χ3v) is 4.51. The number of para-hydroxylation sites is 1. The fourth-order valence-corrected chi connectivity index (χ4v) is 2.97. The lowest BCUT2D eigenvalue weighted by Gasteiger charge is -2.11. The lowest BCUT2D eigenvalue weighted by Crippen LogP contribution is -2.21.